The monoisotopic (exact) mass is 233 g/mol. The Bertz CT molecular complexity index is 407. The molecule has 0 radical (unpaired) electrons. The van der Waals surface area contributed by atoms with Gasteiger partial charge in [0.15, 0.2) is 0 Å². The van der Waals surface area contributed by atoms with Crippen molar-refractivity contribution in [1.29, 1.82) is 0 Å². The van der Waals surface area contributed by atoms with E-state index in [4.69, 9.17) is 5.11 Å². The van der Waals surface area contributed by atoms with Gasteiger partial charge in [-0.25, -0.2) is 4.79 Å². The molecule has 16 heavy (non-hydrogen) atoms. The van der Waals surface area contributed by atoms with Gasteiger partial charge in [-0.2, -0.15) is 13.2 Å². The molecule has 0 saturated carbocycles. The van der Waals surface area contributed by atoms with Crippen molar-refractivity contribution in [2.24, 2.45) is 0 Å². The predicted molar refractivity (Wildman–Crippen MR) is 51.2 cm³/mol. The van der Waals surface area contributed by atoms with Crippen molar-refractivity contribution in [3.63, 3.8) is 0 Å². The molecular weight excluding hydrogens is 223 g/mol. The van der Waals surface area contributed by atoms with Gasteiger partial charge in [-0.05, 0) is 6.42 Å². The Balaban J connectivity index is 3.10. The number of aryl methyl sites for hydroxylation is 1. The lowest BCUT2D eigenvalue weighted by molar-refractivity contribution is -0.138. The summed E-state index contributed by atoms with van der Waals surface area (Å²) in [4.78, 5) is 10.6. The molecule has 0 aliphatic heterocycles. The first kappa shape index (κ1) is 12.4. The lowest BCUT2D eigenvalue weighted by Crippen LogP contribution is -2.09. The zero-order valence-electron chi connectivity index (χ0n) is 8.29. The molecule has 0 spiro atoms. The molecule has 0 aliphatic rings. The number of aromatic carboxylic acids is 1. The number of alkyl halides is 3. The summed E-state index contributed by atoms with van der Waals surface area (Å²) in [6.07, 6.45) is -0.840. The fraction of sp³-hybridized carbons (Fsp3) is 0.300. The van der Waals surface area contributed by atoms with E-state index in [-0.39, 0.29) is 6.54 Å². The molecule has 0 unspecified atom stereocenters. The summed E-state index contributed by atoms with van der Waals surface area (Å²) >= 11 is 0. The Morgan fingerprint density at radius 3 is 2.50 bits per heavy atom. The molecule has 88 valence electrons. The van der Waals surface area contributed by atoms with Crippen molar-refractivity contribution in [1.82, 2.24) is 4.57 Å². The van der Waals surface area contributed by atoms with Crippen LogP contribution in [0.15, 0.2) is 25.0 Å². The molecule has 0 aromatic carbocycles. The average Bonchev–Trinajstić information content (AvgIpc) is 2.58. The van der Waals surface area contributed by atoms with Gasteiger partial charge in [0.05, 0.1) is 11.1 Å². The maximum Gasteiger partial charge on any atom is 0.418 e. The number of hydrogen-bond donors (Lipinski definition) is 1. The van der Waals surface area contributed by atoms with Crippen LogP contribution in [0.2, 0.25) is 0 Å². The second-order valence-electron chi connectivity index (χ2n) is 3.20. The van der Waals surface area contributed by atoms with Crippen molar-refractivity contribution >= 4 is 5.97 Å². The van der Waals surface area contributed by atoms with Gasteiger partial charge in [-0.1, -0.05) is 6.08 Å². The van der Waals surface area contributed by atoms with Crippen LogP contribution in [-0.2, 0) is 12.7 Å². The van der Waals surface area contributed by atoms with E-state index in [1.807, 2.05) is 0 Å². The van der Waals surface area contributed by atoms with Crippen LogP contribution in [0.4, 0.5) is 13.2 Å². The van der Waals surface area contributed by atoms with Crippen molar-refractivity contribution < 1.29 is 23.1 Å². The highest BCUT2D eigenvalue weighted by molar-refractivity contribution is 5.89. The van der Waals surface area contributed by atoms with Crippen LogP contribution in [0.3, 0.4) is 0 Å². The Kier molecular flexibility index (Phi) is 3.41. The lowest BCUT2D eigenvalue weighted by Gasteiger charge is -2.04. The van der Waals surface area contributed by atoms with E-state index in [1.165, 1.54) is 4.57 Å². The van der Waals surface area contributed by atoms with E-state index in [9.17, 15) is 18.0 Å². The zero-order chi connectivity index (χ0) is 12.3. The van der Waals surface area contributed by atoms with E-state index >= 15 is 0 Å². The van der Waals surface area contributed by atoms with Crippen molar-refractivity contribution in [3.05, 3.63) is 36.2 Å². The number of carboxylic acid groups (broad SMARTS) is 1. The summed E-state index contributed by atoms with van der Waals surface area (Å²) in [6.45, 7) is 3.71. The summed E-state index contributed by atoms with van der Waals surface area (Å²) in [7, 11) is 0. The molecule has 3 nitrogen and oxygen atoms in total. The molecule has 0 bridgehead atoms. The summed E-state index contributed by atoms with van der Waals surface area (Å²) < 4.78 is 38.5. The molecule has 1 rings (SSSR count). The molecular formula is C10H10F3NO2. The van der Waals surface area contributed by atoms with Gasteiger partial charge in [0, 0.05) is 18.9 Å². The molecule has 1 heterocycles. The minimum absolute atomic E-state index is 0.278. The molecule has 1 aromatic rings. The second-order valence-corrected chi connectivity index (χ2v) is 3.20. The van der Waals surface area contributed by atoms with Crippen LogP contribution < -0.4 is 0 Å². The van der Waals surface area contributed by atoms with Crippen molar-refractivity contribution in [2.75, 3.05) is 0 Å². The molecule has 1 N–H and O–H groups in total. The highest BCUT2D eigenvalue weighted by Gasteiger charge is 2.36. The van der Waals surface area contributed by atoms with Gasteiger partial charge < -0.3 is 9.67 Å². The van der Waals surface area contributed by atoms with Gasteiger partial charge in [0.2, 0.25) is 0 Å². The van der Waals surface area contributed by atoms with Crippen LogP contribution in [0.5, 0.6) is 0 Å². The number of rotatable bonds is 4. The molecule has 0 atom stereocenters. The number of carboxylic acids is 1. The van der Waals surface area contributed by atoms with Gasteiger partial charge in [0.1, 0.15) is 0 Å². The van der Waals surface area contributed by atoms with Crippen LogP contribution in [0.25, 0.3) is 0 Å². The quantitative estimate of drug-likeness (QED) is 0.812. The number of allylic oxidation sites excluding steroid dienone is 1. The number of carbonyl (C=O) groups is 1. The first-order chi connectivity index (χ1) is 7.36. The topological polar surface area (TPSA) is 42.2 Å². The van der Waals surface area contributed by atoms with E-state index in [0.717, 1.165) is 12.4 Å². The highest BCUT2D eigenvalue weighted by atomic mass is 19.4. The third kappa shape index (κ3) is 2.65. The standard InChI is InChI=1S/C10H10F3NO2/c1-2-3-4-14-5-7(9(15)16)8(6-14)10(11,12)13/h2,5-6H,1,3-4H2,(H,15,16). The lowest BCUT2D eigenvalue weighted by atomic mass is 10.2. The largest absolute Gasteiger partial charge is 0.478 e. The number of halogens is 3. The first-order valence-corrected chi connectivity index (χ1v) is 4.47. The predicted octanol–water partition coefficient (Wildman–Crippen LogP) is 2.78. The van der Waals surface area contributed by atoms with Gasteiger partial charge >= 0.3 is 12.1 Å². The fourth-order valence-corrected chi connectivity index (χ4v) is 1.27. The van der Waals surface area contributed by atoms with Gasteiger partial charge in [0.25, 0.3) is 0 Å². The molecule has 6 heteroatoms. The van der Waals surface area contributed by atoms with Crippen LogP contribution in [-0.4, -0.2) is 15.6 Å². The average molecular weight is 233 g/mol. The zero-order valence-corrected chi connectivity index (χ0v) is 8.29. The summed E-state index contributed by atoms with van der Waals surface area (Å²) in [6, 6.07) is 0. The molecule has 1 aromatic heterocycles. The first-order valence-electron chi connectivity index (χ1n) is 4.47. The SMILES string of the molecule is C=CCCn1cc(C(=O)O)c(C(F)(F)F)c1. The van der Waals surface area contributed by atoms with E-state index in [1.54, 1.807) is 6.08 Å². The smallest absolute Gasteiger partial charge is 0.418 e. The maximum atomic E-state index is 12.4. The second kappa shape index (κ2) is 4.42. The molecule has 0 saturated heterocycles. The Hall–Kier alpha value is -1.72. The number of aromatic nitrogens is 1. The summed E-state index contributed by atoms with van der Waals surface area (Å²) in [5, 5.41) is 8.63. The Morgan fingerprint density at radius 2 is 2.12 bits per heavy atom. The van der Waals surface area contributed by atoms with Crippen LogP contribution in [0, 0.1) is 0 Å². The van der Waals surface area contributed by atoms with Crippen molar-refractivity contribution in [2.45, 2.75) is 19.1 Å². The van der Waals surface area contributed by atoms with Gasteiger partial charge in [-0.15, -0.1) is 6.58 Å². The van der Waals surface area contributed by atoms with Gasteiger partial charge in [-0.3, -0.25) is 0 Å². The van der Waals surface area contributed by atoms with E-state index in [0.29, 0.717) is 6.42 Å². The van der Waals surface area contributed by atoms with E-state index < -0.39 is 23.3 Å². The Morgan fingerprint density at radius 1 is 1.50 bits per heavy atom. The summed E-state index contributed by atoms with van der Waals surface area (Å²) in [5.41, 5.74) is -1.85. The fourth-order valence-electron chi connectivity index (χ4n) is 1.27. The molecule has 0 amide bonds. The third-order valence-corrected chi connectivity index (χ3v) is 2.01. The minimum atomic E-state index is -4.65. The number of hydrogen-bond acceptors (Lipinski definition) is 1. The van der Waals surface area contributed by atoms with Crippen LogP contribution >= 0.6 is 0 Å². The number of nitrogens with zero attached hydrogens (tertiary/aromatic N) is 1. The van der Waals surface area contributed by atoms with Crippen LogP contribution in [0.1, 0.15) is 22.3 Å². The summed E-state index contributed by atoms with van der Waals surface area (Å²) in [5.74, 6) is -1.58. The minimum Gasteiger partial charge on any atom is -0.478 e. The maximum absolute atomic E-state index is 12.4. The molecule has 0 aliphatic carbocycles. The highest BCUT2D eigenvalue weighted by Crippen LogP contribution is 2.32. The van der Waals surface area contributed by atoms with Crippen molar-refractivity contribution in [3.8, 4) is 0 Å². The normalized spacial score (nSPS) is 11.4. The third-order valence-electron chi connectivity index (χ3n) is 2.01. The molecule has 0 fully saturated rings. The van der Waals surface area contributed by atoms with E-state index in [2.05, 4.69) is 6.58 Å². The Labute approximate surface area is 89.8 Å².